The molecule has 6 heteroatoms. The van der Waals surface area contributed by atoms with E-state index in [1.807, 2.05) is 42.9 Å². The van der Waals surface area contributed by atoms with Crippen molar-refractivity contribution in [2.75, 3.05) is 0 Å². The Morgan fingerprint density at radius 3 is 2.67 bits per heavy atom. The summed E-state index contributed by atoms with van der Waals surface area (Å²) in [5, 5.41) is 4.73. The summed E-state index contributed by atoms with van der Waals surface area (Å²) in [4.78, 5) is 9.52. The molecule has 2 atom stereocenters. The molecule has 0 aliphatic heterocycles. The van der Waals surface area contributed by atoms with Crippen molar-refractivity contribution < 1.29 is 4.39 Å². The van der Waals surface area contributed by atoms with Gasteiger partial charge in [0, 0.05) is 29.4 Å². The van der Waals surface area contributed by atoms with Gasteiger partial charge < -0.3 is 4.40 Å². The van der Waals surface area contributed by atoms with Crippen LogP contribution in [-0.2, 0) is 0 Å². The number of allylic oxidation sites excluding steroid dienone is 3. The lowest BCUT2D eigenvalue weighted by Gasteiger charge is -2.03. The van der Waals surface area contributed by atoms with E-state index in [4.69, 9.17) is 15.1 Å². The summed E-state index contributed by atoms with van der Waals surface area (Å²) < 4.78 is 17.6. The summed E-state index contributed by atoms with van der Waals surface area (Å²) in [6.45, 7) is 13.7. The van der Waals surface area contributed by atoms with Crippen molar-refractivity contribution in [3.63, 3.8) is 0 Å². The summed E-state index contributed by atoms with van der Waals surface area (Å²) in [5.41, 5.74) is 5.32. The Labute approximate surface area is 158 Å². The standard InChI is InChI=1S/C21H24FN5/c1-7-13(5)27-21(11(2)3)24-20(25-27)16-9-15(16)19-14(6)26-10-17(22)12(4)8-18(26)23-19/h7-8,10,15-16H,2,9H2,1,3-6H3/b13-7-. The monoisotopic (exact) mass is 365 g/mol. The number of halogens is 1. The molecule has 3 aromatic heterocycles. The maximum absolute atomic E-state index is 13.9. The largest absolute Gasteiger partial charge is 0.301 e. The average Bonchev–Trinajstić information content (AvgIpc) is 3.18. The van der Waals surface area contributed by atoms with E-state index in [9.17, 15) is 4.39 Å². The highest BCUT2D eigenvalue weighted by Crippen LogP contribution is 2.54. The maximum atomic E-state index is 13.9. The molecule has 3 heterocycles. The fraction of sp³-hybridized carbons (Fsp3) is 0.381. The highest BCUT2D eigenvalue weighted by Gasteiger charge is 2.45. The number of pyridine rings is 1. The first kappa shape index (κ1) is 17.6. The second-order valence-electron chi connectivity index (χ2n) is 7.48. The number of aryl methyl sites for hydroxylation is 2. The quantitative estimate of drug-likeness (QED) is 0.663. The summed E-state index contributed by atoms with van der Waals surface area (Å²) in [6.07, 6.45) is 4.49. The van der Waals surface area contributed by atoms with Crippen LogP contribution in [-0.4, -0.2) is 24.1 Å². The number of imidazole rings is 1. The van der Waals surface area contributed by atoms with Gasteiger partial charge in [-0.05, 0) is 58.2 Å². The Bertz CT molecular complexity index is 1100. The lowest BCUT2D eigenvalue weighted by molar-refractivity contribution is 0.609. The lowest BCUT2D eigenvalue weighted by atomic mass is 10.2. The molecule has 3 aromatic rings. The van der Waals surface area contributed by atoms with Gasteiger partial charge in [-0.3, -0.25) is 0 Å². The van der Waals surface area contributed by atoms with Crippen LogP contribution in [0, 0.1) is 19.7 Å². The third-order valence-electron chi connectivity index (χ3n) is 5.41. The van der Waals surface area contributed by atoms with E-state index in [0.29, 0.717) is 5.56 Å². The van der Waals surface area contributed by atoms with Crippen LogP contribution >= 0.6 is 0 Å². The topological polar surface area (TPSA) is 48.0 Å². The molecule has 2 unspecified atom stereocenters. The minimum Gasteiger partial charge on any atom is -0.301 e. The van der Waals surface area contributed by atoms with E-state index in [1.165, 1.54) is 6.20 Å². The average molecular weight is 365 g/mol. The second kappa shape index (κ2) is 6.15. The van der Waals surface area contributed by atoms with Gasteiger partial charge in [-0.15, -0.1) is 0 Å². The van der Waals surface area contributed by atoms with Crippen molar-refractivity contribution in [3.05, 3.63) is 59.3 Å². The molecule has 0 amide bonds. The normalized spacial score (nSPS) is 19.7. The first-order valence-corrected chi connectivity index (χ1v) is 9.22. The number of fused-ring (bicyclic) bond motifs is 1. The molecule has 1 aliphatic rings. The van der Waals surface area contributed by atoms with Gasteiger partial charge >= 0.3 is 0 Å². The van der Waals surface area contributed by atoms with Crippen molar-refractivity contribution in [2.45, 2.75) is 52.9 Å². The maximum Gasteiger partial charge on any atom is 0.158 e. The van der Waals surface area contributed by atoms with Crippen molar-refractivity contribution >= 4 is 16.9 Å². The van der Waals surface area contributed by atoms with E-state index in [2.05, 4.69) is 6.58 Å². The Morgan fingerprint density at radius 1 is 1.26 bits per heavy atom. The molecule has 1 fully saturated rings. The predicted molar refractivity (Wildman–Crippen MR) is 105 cm³/mol. The van der Waals surface area contributed by atoms with Crippen LogP contribution in [0.3, 0.4) is 0 Å². The third kappa shape index (κ3) is 2.80. The Morgan fingerprint density at radius 2 is 2.00 bits per heavy atom. The summed E-state index contributed by atoms with van der Waals surface area (Å²) in [7, 11) is 0. The minimum absolute atomic E-state index is 0.213. The van der Waals surface area contributed by atoms with Crippen molar-refractivity contribution in [1.82, 2.24) is 24.1 Å². The van der Waals surface area contributed by atoms with Crippen molar-refractivity contribution in [1.29, 1.82) is 0 Å². The number of aromatic nitrogens is 5. The van der Waals surface area contributed by atoms with Crippen LogP contribution in [0.15, 0.2) is 24.9 Å². The summed E-state index contributed by atoms with van der Waals surface area (Å²) in [6, 6.07) is 1.80. The molecule has 0 radical (unpaired) electrons. The first-order valence-electron chi connectivity index (χ1n) is 9.22. The van der Waals surface area contributed by atoms with Gasteiger partial charge in [-0.1, -0.05) is 12.7 Å². The van der Waals surface area contributed by atoms with Gasteiger partial charge in [0.05, 0.1) is 5.69 Å². The molecule has 4 rings (SSSR count). The van der Waals surface area contributed by atoms with E-state index in [-0.39, 0.29) is 17.7 Å². The number of rotatable bonds is 4. The van der Waals surface area contributed by atoms with Gasteiger partial charge in [-0.2, -0.15) is 5.10 Å². The molecule has 5 nitrogen and oxygen atoms in total. The highest BCUT2D eigenvalue weighted by atomic mass is 19.1. The Kier molecular flexibility index (Phi) is 4.02. The molecule has 1 aliphatic carbocycles. The molecule has 0 bridgehead atoms. The van der Waals surface area contributed by atoms with Crippen molar-refractivity contribution in [3.8, 4) is 0 Å². The van der Waals surface area contributed by atoms with Crippen LogP contribution < -0.4 is 0 Å². The lowest BCUT2D eigenvalue weighted by Crippen LogP contribution is -2.01. The zero-order valence-electron chi connectivity index (χ0n) is 16.4. The molecule has 27 heavy (non-hydrogen) atoms. The summed E-state index contributed by atoms with van der Waals surface area (Å²) in [5.74, 6) is 1.93. The molecular formula is C21H24FN5. The first-order chi connectivity index (χ1) is 12.8. The van der Waals surface area contributed by atoms with Crippen LogP contribution in [0.4, 0.5) is 4.39 Å². The van der Waals surface area contributed by atoms with Gasteiger partial charge in [0.1, 0.15) is 11.5 Å². The van der Waals surface area contributed by atoms with Gasteiger partial charge in [0.2, 0.25) is 0 Å². The molecule has 1 saturated carbocycles. The number of hydrogen-bond donors (Lipinski definition) is 0. The van der Waals surface area contributed by atoms with E-state index in [1.54, 1.807) is 13.0 Å². The smallest absolute Gasteiger partial charge is 0.158 e. The SMILES string of the molecule is C=C(C)c1nc(C2CC2c2nc3cc(C)c(F)cn3c2C)nn1/C(C)=C\C. The van der Waals surface area contributed by atoms with E-state index < -0.39 is 0 Å². The zero-order valence-corrected chi connectivity index (χ0v) is 16.4. The van der Waals surface area contributed by atoms with Crippen molar-refractivity contribution in [2.24, 2.45) is 0 Å². The van der Waals surface area contributed by atoms with Gasteiger partial charge in [-0.25, -0.2) is 19.0 Å². The van der Waals surface area contributed by atoms with Crippen LogP contribution in [0.2, 0.25) is 0 Å². The number of nitrogens with zero attached hydrogens (tertiary/aromatic N) is 5. The molecule has 0 N–H and O–H groups in total. The summed E-state index contributed by atoms with van der Waals surface area (Å²) >= 11 is 0. The third-order valence-corrected chi connectivity index (χ3v) is 5.41. The van der Waals surface area contributed by atoms with Gasteiger partial charge in [0.15, 0.2) is 11.6 Å². The van der Waals surface area contributed by atoms with Crippen LogP contribution in [0.5, 0.6) is 0 Å². The Balaban J connectivity index is 1.70. The fourth-order valence-corrected chi connectivity index (χ4v) is 3.56. The molecule has 0 saturated heterocycles. The van der Waals surface area contributed by atoms with E-state index in [0.717, 1.165) is 46.4 Å². The predicted octanol–water partition coefficient (Wildman–Crippen LogP) is 4.87. The Hall–Kier alpha value is -2.76. The number of hydrogen-bond acceptors (Lipinski definition) is 3. The molecular weight excluding hydrogens is 341 g/mol. The van der Waals surface area contributed by atoms with Crippen LogP contribution in [0.1, 0.15) is 67.6 Å². The van der Waals surface area contributed by atoms with Gasteiger partial charge in [0.25, 0.3) is 0 Å². The molecule has 140 valence electrons. The second-order valence-corrected chi connectivity index (χ2v) is 7.48. The molecule has 0 aromatic carbocycles. The zero-order chi connectivity index (χ0) is 19.5. The fourth-order valence-electron chi connectivity index (χ4n) is 3.56. The minimum atomic E-state index is -0.213. The highest BCUT2D eigenvalue weighted by molar-refractivity contribution is 5.59. The van der Waals surface area contributed by atoms with E-state index >= 15 is 0 Å². The molecule has 0 spiro atoms. The van der Waals surface area contributed by atoms with Crippen LogP contribution in [0.25, 0.3) is 16.9 Å².